The number of nitrogens with one attached hydrogen (secondary N) is 3. The van der Waals surface area contributed by atoms with Crippen LogP contribution in [0.1, 0.15) is 76.0 Å². The molecule has 0 aliphatic heterocycles. The Kier molecular flexibility index (Phi) is 19.1. The fraction of sp³-hybridized carbons (Fsp3) is 0.415. The van der Waals surface area contributed by atoms with E-state index in [1.165, 1.54) is 0 Å². The molecule has 0 aliphatic carbocycles. The Balaban J connectivity index is 1.63. The normalized spacial score (nSPS) is 13.4. The highest BCUT2D eigenvalue weighted by molar-refractivity contribution is 7.59. The van der Waals surface area contributed by atoms with Gasteiger partial charge in [-0.1, -0.05) is 137 Å². The first kappa shape index (κ1) is 42.7. The Hall–Kier alpha value is -4.73. The van der Waals surface area contributed by atoms with Crippen LogP contribution in [0.15, 0.2) is 103 Å². The van der Waals surface area contributed by atoms with Crippen LogP contribution < -0.4 is 16.0 Å². The van der Waals surface area contributed by atoms with Crippen molar-refractivity contribution in [1.82, 2.24) is 16.0 Å². The van der Waals surface area contributed by atoms with Crippen molar-refractivity contribution >= 4 is 31.2 Å². The second kappa shape index (κ2) is 23.8. The largest absolute Gasteiger partial charge is 0.459 e. The third kappa shape index (κ3) is 17.6. The highest BCUT2D eigenvalue weighted by Crippen LogP contribution is 2.46. The number of hydrogen-bond acceptors (Lipinski definition) is 8. The molecule has 0 aliphatic rings. The second-order valence-electron chi connectivity index (χ2n) is 13.2. The molecule has 0 fully saturated rings. The average Bonchev–Trinajstić information content (AvgIpc) is 3.16. The molecule has 3 atom stereocenters. The summed E-state index contributed by atoms with van der Waals surface area (Å²) in [6, 6.07) is 25.4. The Bertz CT molecular complexity index is 1620. The van der Waals surface area contributed by atoms with Gasteiger partial charge in [-0.3, -0.25) is 14.2 Å². The van der Waals surface area contributed by atoms with Crippen LogP contribution in [0.2, 0.25) is 0 Å². The zero-order valence-electron chi connectivity index (χ0n) is 31.0. The molecule has 0 saturated heterocycles. The Morgan fingerprint density at radius 3 is 1.87 bits per heavy atom. The molecule has 3 aromatic carbocycles. The summed E-state index contributed by atoms with van der Waals surface area (Å²) < 4.78 is 30.6. The molecule has 3 aromatic rings. The smallest absolute Gasteiger partial charge is 0.408 e. The first-order valence-corrected chi connectivity index (χ1v) is 20.2. The number of unbranched alkanes of at least 4 members (excludes halogenated alkanes) is 2. The van der Waals surface area contributed by atoms with Crippen molar-refractivity contribution in [2.75, 3.05) is 12.4 Å². The third-order valence-corrected chi connectivity index (χ3v) is 10.1. The molecule has 3 rings (SSSR count). The van der Waals surface area contributed by atoms with Gasteiger partial charge in [0.05, 0.1) is 12.9 Å². The van der Waals surface area contributed by atoms with Gasteiger partial charge in [-0.15, -0.1) is 0 Å². The topological polar surface area (TPSA) is 149 Å². The summed E-state index contributed by atoms with van der Waals surface area (Å²) in [4.78, 5) is 52.6. The number of rotatable bonds is 23. The number of carbonyl (C=O) groups is 4. The Morgan fingerprint density at radius 1 is 0.736 bits per heavy atom. The van der Waals surface area contributed by atoms with Gasteiger partial charge >= 0.3 is 12.1 Å². The Morgan fingerprint density at radius 2 is 1.30 bits per heavy atom. The number of allylic oxidation sites excluding steroid dienone is 2. The quantitative estimate of drug-likeness (QED) is 0.0388. The number of amides is 3. The number of benzene rings is 3. The summed E-state index contributed by atoms with van der Waals surface area (Å²) in [5.74, 6) is -1.69. The minimum absolute atomic E-state index is 0.00962. The SMILES string of the molecule is CCCC/C=C/CP(=O)(CNC(=O)[C@H](CC(C)C)NC(=O)CC[C@H](NC(=O)OCc1ccccc1)C(=O)OCc1ccccc1)OCc1ccccc1. The van der Waals surface area contributed by atoms with Gasteiger partial charge in [0, 0.05) is 12.6 Å². The zero-order valence-corrected chi connectivity index (χ0v) is 31.9. The van der Waals surface area contributed by atoms with E-state index in [1.807, 2.05) is 92.7 Å². The molecule has 3 N–H and O–H groups in total. The predicted octanol–water partition coefficient (Wildman–Crippen LogP) is 7.65. The van der Waals surface area contributed by atoms with Crippen LogP contribution in [-0.2, 0) is 52.8 Å². The second-order valence-corrected chi connectivity index (χ2v) is 15.8. The van der Waals surface area contributed by atoms with Gasteiger partial charge in [0.15, 0.2) is 0 Å². The van der Waals surface area contributed by atoms with Crippen molar-refractivity contribution in [2.24, 2.45) is 5.92 Å². The summed E-state index contributed by atoms with van der Waals surface area (Å²) in [5.41, 5.74) is 2.39. The van der Waals surface area contributed by atoms with Crippen LogP contribution in [0.5, 0.6) is 0 Å². The first-order valence-electron chi connectivity index (χ1n) is 18.2. The maximum atomic E-state index is 13.9. The number of carbonyl (C=O) groups excluding carboxylic acids is 4. The van der Waals surface area contributed by atoms with Crippen molar-refractivity contribution in [3.63, 3.8) is 0 Å². The van der Waals surface area contributed by atoms with Gasteiger partial charge in [-0.2, -0.15) is 0 Å². The van der Waals surface area contributed by atoms with E-state index in [0.29, 0.717) is 6.42 Å². The molecule has 286 valence electrons. The molecular weight excluding hydrogens is 693 g/mol. The standard InChI is InChI=1S/C41H54N3O8P/c1-4-5-6-7-17-26-53(49,52-30-35-22-15-10-16-23-35)31-42-39(46)37(27-32(2)3)43-38(45)25-24-36(40(47)50-28-33-18-11-8-12-19-33)44-41(48)51-29-34-20-13-9-14-21-34/h7-23,32,36-37H,4-6,24-31H2,1-3H3,(H,42,46)(H,43,45)(H,44,48)/b17-7+/t36-,37-,53?/m0/s1. The fourth-order valence-corrected chi connectivity index (χ4v) is 6.73. The predicted molar refractivity (Wildman–Crippen MR) is 206 cm³/mol. The molecule has 0 spiro atoms. The number of hydrogen-bond donors (Lipinski definition) is 3. The monoisotopic (exact) mass is 747 g/mol. The minimum atomic E-state index is -3.34. The van der Waals surface area contributed by atoms with Crippen molar-refractivity contribution in [3.05, 3.63) is 120 Å². The zero-order chi connectivity index (χ0) is 38.3. The molecule has 53 heavy (non-hydrogen) atoms. The van der Waals surface area contributed by atoms with E-state index < -0.39 is 43.3 Å². The first-order chi connectivity index (χ1) is 25.6. The molecular formula is C41H54N3O8P. The molecule has 1 unspecified atom stereocenters. The van der Waals surface area contributed by atoms with Crippen LogP contribution >= 0.6 is 7.37 Å². The third-order valence-electron chi connectivity index (χ3n) is 8.11. The van der Waals surface area contributed by atoms with Gasteiger partial charge in [0.25, 0.3) is 0 Å². The average molecular weight is 748 g/mol. The minimum Gasteiger partial charge on any atom is -0.459 e. The molecule has 0 saturated carbocycles. The van der Waals surface area contributed by atoms with Gasteiger partial charge < -0.3 is 29.9 Å². The van der Waals surface area contributed by atoms with Crippen LogP contribution in [0.25, 0.3) is 0 Å². The Labute approximate surface area is 313 Å². The molecule has 0 radical (unpaired) electrons. The highest BCUT2D eigenvalue weighted by atomic mass is 31.2. The number of esters is 1. The molecule has 11 nitrogen and oxygen atoms in total. The summed E-state index contributed by atoms with van der Waals surface area (Å²) >= 11 is 0. The lowest BCUT2D eigenvalue weighted by Gasteiger charge is -2.23. The van der Waals surface area contributed by atoms with Crippen LogP contribution in [0, 0.1) is 5.92 Å². The van der Waals surface area contributed by atoms with Gasteiger partial charge in [0.1, 0.15) is 25.3 Å². The molecule has 0 aromatic heterocycles. The van der Waals surface area contributed by atoms with Crippen molar-refractivity contribution in [3.8, 4) is 0 Å². The van der Waals surface area contributed by atoms with Crippen LogP contribution in [0.3, 0.4) is 0 Å². The number of ether oxygens (including phenoxy) is 2. The van der Waals surface area contributed by atoms with Crippen molar-refractivity contribution in [1.29, 1.82) is 0 Å². The van der Waals surface area contributed by atoms with E-state index in [0.717, 1.165) is 36.0 Å². The summed E-state index contributed by atoms with van der Waals surface area (Å²) in [5, 5.41) is 8.07. The van der Waals surface area contributed by atoms with Crippen molar-refractivity contribution < 1.29 is 37.7 Å². The van der Waals surface area contributed by atoms with Gasteiger partial charge in [-0.25, -0.2) is 9.59 Å². The van der Waals surface area contributed by atoms with Crippen molar-refractivity contribution in [2.45, 2.75) is 91.2 Å². The summed E-state index contributed by atoms with van der Waals surface area (Å²) in [7, 11) is -3.34. The maximum Gasteiger partial charge on any atom is 0.408 e. The van der Waals surface area contributed by atoms with E-state index in [2.05, 4.69) is 22.9 Å². The summed E-state index contributed by atoms with van der Waals surface area (Å²) in [6.45, 7) is 6.05. The maximum absolute atomic E-state index is 13.9. The lowest BCUT2D eigenvalue weighted by atomic mass is 10.0. The molecule has 0 heterocycles. The van der Waals surface area contributed by atoms with Gasteiger partial charge in [-0.05, 0) is 41.9 Å². The molecule has 0 bridgehead atoms. The lowest BCUT2D eigenvalue weighted by molar-refractivity contribution is -0.147. The fourth-order valence-electron chi connectivity index (χ4n) is 5.16. The molecule has 3 amide bonds. The number of alkyl carbamates (subject to hydrolysis) is 1. The van der Waals surface area contributed by atoms with E-state index in [9.17, 15) is 23.7 Å². The van der Waals surface area contributed by atoms with E-state index in [-0.39, 0.29) is 51.0 Å². The highest BCUT2D eigenvalue weighted by Gasteiger charge is 2.29. The van der Waals surface area contributed by atoms with Gasteiger partial charge in [0.2, 0.25) is 19.2 Å². The van der Waals surface area contributed by atoms with E-state index >= 15 is 0 Å². The van der Waals surface area contributed by atoms with Crippen LogP contribution in [0.4, 0.5) is 4.79 Å². The molecule has 12 heteroatoms. The van der Waals surface area contributed by atoms with E-state index in [4.69, 9.17) is 14.0 Å². The lowest BCUT2D eigenvalue weighted by Crippen LogP contribution is -2.48. The van der Waals surface area contributed by atoms with E-state index in [1.54, 1.807) is 24.3 Å². The van der Waals surface area contributed by atoms with Crippen LogP contribution in [-0.4, -0.2) is 48.4 Å². The summed E-state index contributed by atoms with van der Waals surface area (Å²) in [6.07, 6.45) is 5.87.